The Labute approximate surface area is 131 Å². The first kappa shape index (κ1) is 13.9. The summed E-state index contributed by atoms with van der Waals surface area (Å²) in [5.41, 5.74) is 2.04. The summed E-state index contributed by atoms with van der Waals surface area (Å²) in [7, 11) is 0. The van der Waals surface area contributed by atoms with Crippen molar-refractivity contribution in [2.75, 3.05) is 6.61 Å². The van der Waals surface area contributed by atoms with Crippen LogP contribution in [0.5, 0.6) is 5.75 Å². The summed E-state index contributed by atoms with van der Waals surface area (Å²) < 4.78 is 6.57. The first-order valence-corrected chi connectivity index (χ1v) is 7.72. The van der Waals surface area contributed by atoms with Crippen molar-refractivity contribution in [3.05, 3.63) is 49.6 Å². The minimum absolute atomic E-state index is 0.0816. The normalized spacial score (nSPS) is 15.8. The van der Waals surface area contributed by atoms with E-state index >= 15 is 0 Å². The third kappa shape index (κ3) is 2.24. The van der Waals surface area contributed by atoms with E-state index in [-0.39, 0.29) is 11.2 Å². The predicted molar refractivity (Wildman–Crippen MR) is 82.7 cm³/mol. The van der Waals surface area contributed by atoms with Crippen LogP contribution < -0.4 is 4.74 Å². The summed E-state index contributed by atoms with van der Waals surface area (Å²) in [4.78, 5) is 12.5. The molecule has 0 radical (unpaired) electrons. The van der Waals surface area contributed by atoms with Crippen LogP contribution in [0, 0.1) is 0 Å². The predicted octanol–water partition coefficient (Wildman–Crippen LogP) is 4.96. The minimum atomic E-state index is -0.108. The summed E-state index contributed by atoms with van der Waals surface area (Å²) in [6.45, 7) is 4.83. The van der Waals surface area contributed by atoms with Crippen molar-refractivity contribution in [1.29, 1.82) is 0 Å². The monoisotopic (exact) mass is 326 g/mol. The molecule has 0 amide bonds. The number of hydrogen-bond acceptors (Lipinski definition) is 3. The Bertz CT molecular complexity index is 704. The van der Waals surface area contributed by atoms with Crippen LogP contribution in [0.25, 0.3) is 0 Å². The molecular weight excluding hydrogens is 315 g/mol. The Kier molecular flexibility index (Phi) is 3.32. The van der Waals surface area contributed by atoms with Crippen LogP contribution in [0.2, 0.25) is 8.67 Å². The molecule has 0 saturated carbocycles. The van der Waals surface area contributed by atoms with E-state index in [1.54, 1.807) is 12.1 Å². The highest BCUT2D eigenvalue weighted by Gasteiger charge is 2.32. The van der Waals surface area contributed by atoms with Gasteiger partial charge in [-0.25, -0.2) is 0 Å². The van der Waals surface area contributed by atoms with E-state index < -0.39 is 0 Å². The zero-order valence-corrected chi connectivity index (χ0v) is 13.3. The van der Waals surface area contributed by atoms with E-state index in [9.17, 15) is 4.79 Å². The van der Waals surface area contributed by atoms with Gasteiger partial charge in [-0.05, 0) is 24.3 Å². The van der Waals surface area contributed by atoms with Gasteiger partial charge in [-0.1, -0.05) is 37.0 Å². The Morgan fingerprint density at radius 1 is 1.30 bits per heavy atom. The van der Waals surface area contributed by atoms with Gasteiger partial charge in [0.1, 0.15) is 10.1 Å². The van der Waals surface area contributed by atoms with E-state index in [1.807, 2.05) is 12.1 Å². The van der Waals surface area contributed by atoms with E-state index in [0.29, 0.717) is 26.4 Å². The largest absolute Gasteiger partial charge is 0.492 e. The molecule has 2 heterocycles. The number of halogens is 2. The van der Waals surface area contributed by atoms with Gasteiger partial charge in [-0.15, -0.1) is 11.3 Å². The second kappa shape index (κ2) is 4.76. The van der Waals surface area contributed by atoms with Crippen LogP contribution in [0.15, 0.2) is 24.3 Å². The lowest BCUT2D eigenvalue weighted by Crippen LogP contribution is -2.18. The number of ether oxygens (including phenoxy) is 1. The Morgan fingerprint density at radius 2 is 2.05 bits per heavy atom. The Hall–Kier alpha value is -1.03. The van der Waals surface area contributed by atoms with Crippen molar-refractivity contribution < 1.29 is 9.53 Å². The third-order valence-corrected chi connectivity index (χ3v) is 4.95. The molecule has 1 aliphatic heterocycles. The number of hydrogen-bond donors (Lipinski definition) is 0. The van der Waals surface area contributed by atoms with Crippen molar-refractivity contribution in [1.82, 2.24) is 0 Å². The van der Waals surface area contributed by atoms with E-state index in [2.05, 4.69) is 13.8 Å². The van der Waals surface area contributed by atoms with Gasteiger partial charge >= 0.3 is 0 Å². The maximum absolute atomic E-state index is 12.5. The van der Waals surface area contributed by atoms with Gasteiger partial charge in [0.15, 0.2) is 5.78 Å². The van der Waals surface area contributed by atoms with Crippen molar-refractivity contribution in [2.45, 2.75) is 19.3 Å². The molecule has 3 rings (SSSR count). The average Bonchev–Trinajstić information content (AvgIpc) is 2.88. The van der Waals surface area contributed by atoms with Crippen LogP contribution in [-0.4, -0.2) is 12.4 Å². The maximum atomic E-state index is 12.5. The Morgan fingerprint density at radius 3 is 2.70 bits per heavy atom. The molecule has 0 aliphatic carbocycles. The molecule has 0 atom stereocenters. The average molecular weight is 327 g/mol. The fourth-order valence-electron chi connectivity index (χ4n) is 2.31. The van der Waals surface area contributed by atoms with Gasteiger partial charge in [0.2, 0.25) is 0 Å². The number of benzene rings is 1. The lowest BCUT2D eigenvalue weighted by atomic mass is 9.85. The molecule has 0 unspecified atom stereocenters. The van der Waals surface area contributed by atoms with Crippen LogP contribution in [0.1, 0.15) is 35.3 Å². The molecule has 20 heavy (non-hydrogen) atoms. The number of thiophene rings is 1. The summed E-state index contributed by atoms with van der Waals surface area (Å²) in [5, 5.41) is 0. The maximum Gasteiger partial charge on any atom is 0.195 e. The van der Waals surface area contributed by atoms with Gasteiger partial charge in [0.25, 0.3) is 0 Å². The summed E-state index contributed by atoms with van der Waals surface area (Å²) in [5.74, 6) is 0.740. The van der Waals surface area contributed by atoms with Crippen molar-refractivity contribution in [3.8, 4) is 5.75 Å². The fourth-order valence-corrected chi connectivity index (χ4v) is 3.77. The SMILES string of the molecule is CC1(C)COc2ccc(C(=O)c3cc(Cl)sc3Cl)cc21. The smallest absolute Gasteiger partial charge is 0.195 e. The topological polar surface area (TPSA) is 26.3 Å². The molecule has 0 fully saturated rings. The van der Waals surface area contributed by atoms with Gasteiger partial charge in [0, 0.05) is 16.5 Å². The molecule has 2 aromatic rings. The van der Waals surface area contributed by atoms with E-state index in [0.717, 1.165) is 11.3 Å². The molecule has 0 spiro atoms. The van der Waals surface area contributed by atoms with Gasteiger partial charge in [-0.3, -0.25) is 4.79 Å². The van der Waals surface area contributed by atoms with Crippen LogP contribution in [-0.2, 0) is 5.41 Å². The van der Waals surface area contributed by atoms with Crippen molar-refractivity contribution in [2.24, 2.45) is 0 Å². The number of fused-ring (bicyclic) bond motifs is 1. The molecule has 2 nitrogen and oxygen atoms in total. The first-order valence-electron chi connectivity index (χ1n) is 6.15. The number of carbonyl (C=O) groups excluding carboxylic acids is 1. The Balaban J connectivity index is 2.04. The second-order valence-electron chi connectivity index (χ2n) is 5.45. The minimum Gasteiger partial charge on any atom is -0.492 e. The standard InChI is InChI=1S/C15H12Cl2O2S/c1-15(2)7-19-11-4-3-8(5-10(11)15)13(18)9-6-12(16)20-14(9)17/h3-6H,7H2,1-2H3. The highest BCUT2D eigenvalue weighted by molar-refractivity contribution is 7.20. The zero-order chi connectivity index (χ0) is 14.5. The lowest BCUT2D eigenvalue weighted by Gasteiger charge is -2.15. The summed E-state index contributed by atoms with van der Waals surface area (Å²) in [6, 6.07) is 7.13. The molecule has 1 aliphatic rings. The third-order valence-electron chi connectivity index (χ3n) is 3.46. The van der Waals surface area contributed by atoms with Crippen molar-refractivity contribution in [3.63, 3.8) is 0 Å². The molecule has 0 bridgehead atoms. The number of ketones is 1. The number of rotatable bonds is 2. The van der Waals surface area contributed by atoms with E-state index in [1.165, 1.54) is 11.3 Å². The van der Waals surface area contributed by atoms with Crippen LogP contribution >= 0.6 is 34.5 Å². The lowest BCUT2D eigenvalue weighted by molar-refractivity contribution is 0.103. The van der Waals surface area contributed by atoms with E-state index in [4.69, 9.17) is 27.9 Å². The van der Waals surface area contributed by atoms with Gasteiger partial charge < -0.3 is 4.74 Å². The quantitative estimate of drug-likeness (QED) is 0.729. The van der Waals surface area contributed by atoms with Gasteiger partial charge in [0.05, 0.1) is 16.5 Å². The molecule has 0 N–H and O–H groups in total. The molecule has 0 saturated heterocycles. The molecule has 5 heteroatoms. The van der Waals surface area contributed by atoms with Gasteiger partial charge in [-0.2, -0.15) is 0 Å². The second-order valence-corrected chi connectivity index (χ2v) is 7.74. The van der Waals surface area contributed by atoms with Crippen LogP contribution in [0.4, 0.5) is 0 Å². The molecule has 1 aromatic carbocycles. The molecular formula is C15H12Cl2O2S. The van der Waals surface area contributed by atoms with Crippen LogP contribution in [0.3, 0.4) is 0 Å². The molecule has 104 valence electrons. The zero-order valence-electron chi connectivity index (χ0n) is 11.0. The summed E-state index contributed by atoms with van der Waals surface area (Å²) >= 11 is 13.2. The first-order chi connectivity index (χ1) is 9.38. The summed E-state index contributed by atoms with van der Waals surface area (Å²) in [6.07, 6.45) is 0. The fraction of sp³-hybridized carbons (Fsp3) is 0.267. The van der Waals surface area contributed by atoms with Crippen molar-refractivity contribution >= 4 is 40.3 Å². The highest BCUT2D eigenvalue weighted by atomic mass is 35.5. The number of carbonyl (C=O) groups is 1. The molecule has 1 aromatic heterocycles. The highest BCUT2D eigenvalue weighted by Crippen LogP contribution is 2.39.